The molecule has 0 atom stereocenters. The van der Waals surface area contributed by atoms with Crippen molar-refractivity contribution < 1.29 is 5.48 Å². The van der Waals surface area contributed by atoms with Gasteiger partial charge in [0.15, 0.2) is 0 Å². The predicted octanol–water partition coefficient (Wildman–Crippen LogP) is -2.56. The van der Waals surface area contributed by atoms with E-state index in [0.717, 1.165) is 0 Å². The van der Waals surface area contributed by atoms with Crippen LogP contribution in [0.25, 0.3) is 0 Å². The van der Waals surface area contributed by atoms with Crippen LogP contribution in [0.2, 0.25) is 0 Å². The van der Waals surface area contributed by atoms with E-state index in [1.807, 2.05) is 0 Å². The molecule has 3 heteroatoms. The molecule has 0 aliphatic rings. The number of hydrogen-bond donors (Lipinski definition) is 0. The van der Waals surface area contributed by atoms with Gasteiger partial charge in [0.05, 0.1) is 0 Å². The molecule has 0 amide bonds. The Labute approximate surface area is 48.1 Å². The Balaban J connectivity index is 0. The van der Waals surface area contributed by atoms with Crippen molar-refractivity contribution in [2.45, 2.75) is 7.43 Å². The molecule has 0 saturated carbocycles. The van der Waals surface area contributed by atoms with Crippen LogP contribution in [0.4, 0.5) is 0 Å². The second-order valence-corrected chi connectivity index (χ2v) is 0. The maximum atomic E-state index is 0. The molecule has 0 aromatic rings. The van der Waals surface area contributed by atoms with Crippen LogP contribution in [0, 0.1) is 0 Å². The molecular weight excluding hydrogens is 175 g/mol. The van der Waals surface area contributed by atoms with Gasteiger partial charge in [0.1, 0.15) is 0 Å². The molecule has 0 aromatic heterocycles. The Morgan fingerprint density at radius 1 is 1.00 bits per heavy atom. The van der Waals surface area contributed by atoms with Gasteiger partial charge >= 0.3 is 23.9 Å². The van der Waals surface area contributed by atoms with E-state index in [-0.39, 0.29) is 47.8 Å². The van der Waals surface area contributed by atoms with Crippen LogP contribution in [0.1, 0.15) is 7.43 Å². The molecule has 2 radical (unpaired) electrons. The first-order valence-electron chi connectivity index (χ1n) is 0. The molecule has 0 heterocycles. The summed E-state index contributed by atoms with van der Waals surface area (Å²) in [5.41, 5.74) is 0. The zero-order chi connectivity index (χ0) is 0. The molecule has 0 fully saturated rings. The van der Waals surface area contributed by atoms with Crippen LogP contribution >= 0.6 is 0 Å². The van der Waals surface area contributed by atoms with E-state index in [1.54, 1.807) is 0 Å². The molecule has 0 rings (SSSR count). The Bertz CT molecular complexity index is 8.00. The normalized spacial score (nSPS) is 0. The average molecular weight is 187 g/mol. The van der Waals surface area contributed by atoms with Crippen molar-refractivity contribution in [1.29, 1.82) is 0 Å². The molecule has 0 aromatic carbocycles. The van der Waals surface area contributed by atoms with Crippen molar-refractivity contribution in [3.8, 4) is 0 Å². The molecule has 0 aliphatic heterocycles. The van der Waals surface area contributed by atoms with Gasteiger partial charge in [-0.25, -0.2) is 0 Å². The van der Waals surface area contributed by atoms with Gasteiger partial charge < -0.3 is 5.48 Å². The quantitative estimate of drug-likeness (QED) is 0.373. The minimum absolute atomic E-state index is 0. The molecule has 0 spiro atoms. The molecule has 0 saturated heterocycles. The standard InChI is InChI=1S/CH4.H2O.H4Si.Sn.2H/h1H4;1H2;1H4;;;. The van der Waals surface area contributed by atoms with Crippen molar-refractivity contribution >= 4 is 34.9 Å². The van der Waals surface area contributed by atoms with Gasteiger partial charge in [0.25, 0.3) is 0 Å². The van der Waals surface area contributed by atoms with Crippen LogP contribution in [-0.4, -0.2) is 40.3 Å². The van der Waals surface area contributed by atoms with E-state index < -0.39 is 0 Å². The second kappa shape index (κ2) is 37.0. The zero-order valence-electron chi connectivity index (χ0n) is 1.21. The van der Waals surface area contributed by atoms with E-state index in [1.165, 1.54) is 0 Å². The minimum atomic E-state index is 0. The summed E-state index contributed by atoms with van der Waals surface area (Å²) in [6.45, 7) is 0. The van der Waals surface area contributed by atoms with Gasteiger partial charge in [-0.3, -0.25) is 0 Å². The van der Waals surface area contributed by atoms with Gasteiger partial charge in [-0.2, -0.15) is 0 Å². The van der Waals surface area contributed by atoms with E-state index in [9.17, 15) is 0 Å². The summed E-state index contributed by atoms with van der Waals surface area (Å²) in [6.07, 6.45) is 0. The Morgan fingerprint density at radius 2 is 1.00 bits per heavy atom. The average Bonchev–Trinajstić information content (AvgIpc) is 0. The third-order valence-corrected chi connectivity index (χ3v) is 0. The van der Waals surface area contributed by atoms with Crippen molar-refractivity contribution in [1.82, 2.24) is 0 Å². The summed E-state index contributed by atoms with van der Waals surface area (Å²) in [4.78, 5) is 0. The number of hydrogen-bond acceptors (Lipinski definition) is 0. The summed E-state index contributed by atoms with van der Waals surface area (Å²) in [5.74, 6) is 0. The predicted molar refractivity (Wildman–Crippen MR) is 30.2 cm³/mol. The zero-order valence-corrected chi connectivity index (χ0v) is 5.24. The van der Waals surface area contributed by atoms with Crippen molar-refractivity contribution in [3.63, 3.8) is 0 Å². The number of rotatable bonds is 0. The Morgan fingerprint density at radius 3 is 1.00 bits per heavy atom. The third kappa shape index (κ3) is 12.2. The van der Waals surface area contributed by atoms with Crippen LogP contribution in [0.5, 0.6) is 0 Å². The fraction of sp³-hybridized carbons (Fsp3) is 1.00. The summed E-state index contributed by atoms with van der Waals surface area (Å²) in [6, 6.07) is 0. The summed E-state index contributed by atoms with van der Waals surface area (Å²) < 4.78 is 0. The Kier molecular flexibility index (Phi) is 764. The van der Waals surface area contributed by atoms with Crippen LogP contribution in [-0.2, 0) is 0 Å². The molecule has 1 nitrogen and oxygen atoms in total. The fourth-order valence-corrected chi connectivity index (χ4v) is 0. The van der Waals surface area contributed by atoms with Crippen molar-refractivity contribution in [3.05, 3.63) is 0 Å². The summed E-state index contributed by atoms with van der Waals surface area (Å²) in [7, 11) is 0. The first-order valence-corrected chi connectivity index (χ1v) is 0. The van der Waals surface area contributed by atoms with E-state index >= 15 is 0 Å². The molecule has 0 bridgehead atoms. The maximum absolute atomic E-state index is 0. The Hall–Kier alpha value is 0.976. The first-order chi connectivity index (χ1) is 0. The fourth-order valence-electron chi connectivity index (χ4n) is 0. The van der Waals surface area contributed by atoms with Gasteiger partial charge in [0.2, 0.25) is 0 Å². The monoisotopic (exact) mass is 188 g/mol. The van der Waals surface area contributed by atoms with Gasteiger partial charge in [0, 0.05) is 0 Å². The van der Waals surface area contributed by atoms with Crippen molar-refractivity contribution in [2.24, 2.45) is 0 Å². The van der Waals surface area contributed by atoms with Crippen LogP contribution in [0.15, 0.2) is 0 Å². The topological polar surface area (TPSA) is 31.5 Å². The summed E-state index contributed by atoms with van der Waals surface area (Å²) in [5, 5.41) is 0. The van der Waals surface area contributed by atoms with Gasteiger partial charge in [-0.1, -0.05) is 7.43 Å². The molecule has 30 valence electrons. The van der Waals surface area contributed by atoms with Gasteiger partial charge in [-0.05, 0) is 11.0 Å². The first kappa shape index (κ1) is 82.6. The molecule has 4 heavy (non-hydrogen) atoms. The molecule has 0 aliphatic carbocycles. The van der Waals surface area contributed by atoms with Crippen molar-refractivity contribution in [2.75, 3.05) is 0 Å². The van der Waals surface area contributed by atoms with E-state index in [2.05, 4.69) is 0 Å². The molecule has 2 N–H and O–H groups in total. The van der Waals surface area contributed by atoms with E-state index in [0.29, 0.717) is 0 Å². The van der Waals surface area contributed by atoms with Gasteiger partial charge in [-0.15, -0.1) is 0 Å². The third-order valence-electron chi connectivity index (χ3n) is 0. The van der Waals surface area contributed by atoms with Crippen LogP contribution in [0.3, 0.4) is 0 Å². The molecular formula is CH12OSiSn. The SMILES string of the molecule is C.O.[SiH4].[SnH2]. The molecule has 0 unspecified atom stereocenters. The van der Waals surface area contributed by atoms with Crippen LogP contribution < -0.4 is 0 Å². The van der Waals surface area contributed by atoms with E-state index in [4.69, 9.17) is 0 Å². The summed E-state index contributed by atoms with van der Waals surface area (Å²) >= 11 is 0. The second-order valence-electron chi connectivity index (χ2n) is 0.